The Kier molecular flexibility index (Phi) is 3.83. The molecule has 0 saturated carbocycles. The van der Waals surface area contributed by atoms with E-state index in [1.54, 1.807) is 0 Å². The number of halogens is 2. The fourth-order valence-electron chi connectivity index (χ4n) is 1.78. The van der Waals surface area contributed by atoms with Crippen LogP contribution >= 0.6 is 22.6 Å². The van der Waals surface area contributed by atoms with Crippen molar-refractivity contribution in [1.29, 1.82) is 0 Å². The summed E-state index contributed by atoms with van der Waals surface area (Å²) in [5, 5.41) is 2.49. The maximum absolute atomic E-state index is 12.9. The molecule has 3 amide bonds. The second-order valence-corrected chi connectivity index (χ2v) is 5.31. The number of nitrogens with one attached hydrogen (secondary N) is 1. The maximum Gasteiger partial charge on any atom is 0.253 e. The number of imide groups is 1. The summed E-state index contributed by atoms with van der Waals surface area (Å²) in [7, 11) is 1.37. The summed E-state index contributed by atoms with van der Waals surface area (Å²) < 4.78 is 13.4. The van der Waals surface area contributed by atoms with E-state index in [9.17, 15) is 18.8 Å². The molecule has 1 atom stereocenters. The van der Waals surface area contributed by atoms with Gasteiger partial charge < -0.3 is 5.32 Å². The first-order chi connectivity index (χ1) is 8.90. The number of carbonyl (C=O) groups excluding carboxylic acids is 3. The van der Waals surface area contributed by atoms with Gasteiger partial charge in [-0.3, -0.25) is 19.3 Å². The summed E-state index contributed by atoms with van der Waals surface area (Å²) in [6.07, 6.45) is -0.0428. The Balaban J connectivity index is 2.14. The van der Waals surface area contributed by atoms with Gasteiger partial charge in [-0.1, -0.05) is 0 Å². The molecular weight excluding hydrogens is 366 g/mol. The van der Waals surface area contributed by atoms with Crippen molar-refractivity contribution >= 4 is 40.3 Å². The normalized spacial score (nSPS) is 18.9. The fourth-order valence-corrected chi connectivity index (χ4v) is 2.50. The SMILES string of the molecule is CN1C(=O)CC(NC(=O)c2ccc(F)cc2I)C1=O. The smallest absolute Gasteiger partial charge is 0.253 e. The van der Waals surface area contributed by atoms with Gasteiger partial charge in [0.15, 0.2) is 0 Å². The first-order valence-corrected chi connectivity index (χ1v) is 6.54. The molecule has 1 aliphatic heterocycles. The number of amides is 3. The molecule has 1 saturated heterocycles. The van der Waals surface area contributed by atoms with Gasteiger partial charge in [-0.25, -0.2) is 4.39 Å². The third-order valence-electron chi connectivity index (χ3n) is 2.86. The summed E-state index contributed by atoms with van der Waals surface area (Å²) in [6.45, 7) is 0. The molecule has 1 aliphatic rings. The number of benzene rings is 1. The fraction of sp³-hybridized carbons (Fsp3) is 0.250. The number of likely N-dealkylation sites (tertiary alicyclic amines) is 1. The van der Waals surface area contributed by atoms with E-state index >= 15 is 0 Å². The molecule has 2 rings (SSSR count). The summed E-state index contributed by atoms with van der Waals surface area (Å²) >= 11 is 1.84. The zero-order valence-electron chi connectivity index (χ0n) is 9.94. The van der Waals surface area contributed by atoms with Crippen LogP contribution in [0.15, 0.2) is 18.2 Å². The highest BCUT2D eigenvalue weighted by molar-refractivity contribution is 14.1. The quantitative estimate of drug-likeness (QED) is 0.617. The summed E-state index contributed by atoms with van der Waals surface area (Å²) in [4.78, 5) is 35.9. The Morgan fingerprint density at radius 1 is 1.47 bits per heavy atom. The van der Waals surface area contributed by atoms with Crippen LogP contribution in [0.2, 0.25) is 0 Å². The van der Waals surface area contributed by atoms with Crippen molar-refractivity contribution in [1.82, 2.24) is 10.2 Å². The maximum atomic E-state index is 12.9. The van der Waals surface area contributed by atoms with E-state index in [1.165, 1.54) is 25.2 Å². The van der Waals surface area contributed by atoms with Crippen LogP contribution in [0.1, 0.15) is 16.8 Å². The van der Waals surface area contributed by atoms with Gasteiger partial charge in [-0.05, 0) is 40.8 Å². The molecule has 0 radical (unpaired) electrons. The number of likely N-dealkylation sites (N-methyl/N-ethyl adjacent to an activating group) is 1. The van der Waals surface area contributed by atoms with Crippen molar-refractivity contribution in [3.05, 3.63) is 33.1 Å². The molecule has 1 unspecified atom stereocenters. The van der Waals surface area contributed by atoms with Gasteiger partial charge in [-0.2, -0.15) is 0 Å². The van der Waals surface area contributed by atoms with Gasteiger partial charge in [-0.15, -0.1) is 0 Å². The van der Waals surface area contributed by atoms with E-state index in [-0.39, 0.29) is 17.9 Å². The lowest BCUT2D eigenvalue weighted by Crippen LogP contribution is -2.40. The number of nitrogens with zero attached hydrogens (tertiary/aromatic N) is 1. The van der Waals surface area contributed by atoms with Crippen molar-refractivity contribution in [3.63, 3.8) is 0 Å². The highest BCUT2D eigenvalue weighted by Gasteiger charge is 2.37. The Hall–Kier alpha value is -1.51. The molecule has 0 spiro atoms. The van der Waals surface area contributed by atoms with E-state index < -0.39 is 23.7 Å². The van der Waals surface area contributed by atoms with Crippen LogP contribution in [0.3, 0.4) is 0 Å². The van der Waals surface area contributed by atoms with Crippen molar-refractivity contribution in [2.24, 2.45) is 0 Å². The molecule has 1 N–H and O–H groups in total. The Morgan fingerprint density at radius 2 is 2.16 bits per heavy atom. The molecule has 1 heterocycles. The first kappa shape index (κ1) is 13.9. The van der Waals surface area contributed by atoms with Gasteiger partial charge >= 0.3 is 0 Å². The van der Waals surface area contributed by atoms with Crippen LogP contribution in [-0.4, -0.2) is 35.7 Å². The van der Waals surface area contributed by atoms with Crippen molar-refractivity contribution in [3.8, 4) is 0 Å². The van der Waals surface area contributed by atoms with Crippen LogP contribution in [0.5, 0.6) is 0 Å². The number of carbonyl (C=O) groups is 3. The Morgan fingerprint density at radius 3 is 2.68 bits per heavy atom. The second-order valence-electron chi connectivity index (χ2n) is 4.15. The van der Waals surface area contributed by atoms with Crippen molar-refractivity contribution in [2.75, 3.05) is 7.05 Å². The number of rotatable bonds is 2. The van der Waals surface area contributed by atoms with Crippen LogP contribution in [-0.2, 0) is 9.59 Å². The highest BCUT2D eigenvalue weighted by Crippen LogP contribution is 2.16. The monoisotopic (exact) mass is 376 g/mol. The first-order valence-electron chi connectivity index (χ1n) is 5.46. The zero-order chi connectivity index (χ0) is 14.2. The van der Waals surface area contributed by atoms with Crippen LogP contribution in [0.4, 0.5) is 4.39 Å². The predicted octanol–water partition coefficient (Wildman–Crippen LogP) is 0.917. The minimum atomic E-state index is -0.842. The molecule has 5 nitrogen and oxygen atoms in total. The Bertz CT molecular complexity index is 576. The van der Waals surface area contributed by atoms with E-state index in [4.69, 9.17) is 0 Å². The average molecular weight is 376 g/mol. The van der Waals surface area contributed by atoms with E-state index in [0.29, 0.717) is 3.57 Å². The van der Waals surface area contributed by atoms with Crippen LogP contribution in [0, 0.1) is 9.39 Å². The van der Waals surface area contributed by atoms with E-state index in [2.05, 4.69) is 5.32 Å². The summed E-state index contributed by atoms with van der Waals surface area (Å²) in [5.41, 5.74) is 0.275. The van der Waals surface area contributed by atoms with Gasteiger partial charge in [0, 0.05) is 10.6 Å². The molecule has 0 aromatic heterocycles. The average Bonchev–Trinajstić information content (AvgIpc) is 2.57. The minimum Gasteiger partial charge on any atom is -0.340 e. The van der Waals surface area contributed by atoms with E-state index in [1.807, 2.05) is 22.6 Å². The lowest BCUT2D eigenvalue weighted by molar-refractivity contribution is -0.137. The standard InChI is InChI=1S/C12H10FIN2O3/c1-16-10(17)5-9(12(16)19)15-11(18)7-3-2-6(13)4-8(7)14/h2-4,9H,5H2,1H3,(H,15,18). The highest BCUT2D eigenvalue weighted by atomic mass is 127. The third-order valence-corrected chi connectivity index (χ3v) is 3.76. The van der Waals surface area contributed by atoms with Crippen LogP contribution < -0.4 is 5.32 Å². The largest absolute Gasteiger partial charge is 0.340 e. The van der Waals surface area contributed by atoms with E-state index in [0.717, 1.165) is 4.90 Å². The molecular formula is C12H10FIN2O3. The summed E-state index contributed by atoms with van der Waals surface area (Å²) in [6, 6.07) is 2.90. The molecule has 7 heteroatoms. The third kappa shape index (κ3) is 2.75. The minimum absolute atomic E-state index is 0.0428. The predicted molar refractivity (Wildman–Crippen MR) is 72.8 cm³/mol. The molecule has 1 aromatic rings. The van der Waals surface area contributed by atoms with Gasteiger partial charge in [0.25, 0.3) is 11.8 Å². The Labute approximate surface area is 122 Å². The lowest BCUT2D eigenvalue weighted by atomic mass is 10.2. The molecule has 19 heavy (non-hydrogen) atoms. The summed E-state index contributed by atoms with van der Waals surface area (Å²) in [5.74, 6) is -1.70. The van der Waals surface area contributed by atoms with Crippen molar-refractivity contribution in [2.45, 2.75) is 12.5 Å². The molecule has 1 fully saturated rings. The van der Waals surface area contributed by atoms with Gasteiger partial charge in [0.05, 0.1) is 12.0 Å². The molecule has 1 aromatic carbocycles. The van der Waals surface area contributed by atoms with Crippen LogP contribution in [0.25, 0.3) is 0 Å². The second kappa shape index (κ2) is 5.24. The lowest BCUT2D eigenvalue weighted by Gasteiger charge is -2.12. The van der Waals surface area contributed by atoms with Gasteiger partial charge in [0.1, 0.15) is 11.9 Å². The van der Waals surface area contributed by atoms with Crippen molar-refractivity contribution < 1.29 is 18.8 Å². The molecule has 0 aliphatic carbocycles. The zero-order valence-corrected chi connectivity index (χ0v) is 12.1. The number of hydrogen-bond acceptors (Lipinski definition) is 3. The molecule has 100 valence electrons. The number of hydrogen-bond donors (Lipinski definition) is 1. The van der Waals surface area contributed by atoms with Gasteiger partial charge in [0.2, 0.25) is 5.91 Å². The topological polar surface area (TPSA) is 66.5 Å². The molecule has 0 bridgehead atoms.